The number of ketones is 1. The number of rotatable bonds is 3. The van der Waals surface area contributed by atoms with Crippen molar-refractivity contribution in [3.05, 3.63) is 53.7 Å². The van der Waals surface area contributed by atoms with Gasteiger partial charge >= 0.3 is 0 Å². The lowest BCUT2D eigenvalue weighted by Gasteiger charge is -1.98. The van der Waals surface area contributed by atoms with Crippen molar-refractivity contribution >= 4 is 5.78 Å². The van der Waals surface area contributed by atoms with Crippen molar-refractivity contribution in [2.24, 2.45) is 0 Å². The van der Waals surface area contributed by atoms with Crippen LogP contribution < -0.4 is 0 Å². The van der Waals surface area contributed by atoms with Crippen molar-refractivity contribution in [2.45, 2.75) is 13.3 Å². The van der Waals surface area contributed by atoms with E-state index in [1.54, 1.807) is 25.4 Å². The summed E-state index contributed by atoms with van der Waals surface area (Å²) in [5, 5.41) is 0. The van der Waals surface area contributed by atoms with Crippen LogP contribution in [-0.4, -0.2) is 10.8 Å². The monoisotopic (exact) mass is 201 g/mol. The molecule has 2 heterocycles. The van der Waals surface area contributed by atoms with Crippen LogP contribution in [0.15, 0.2) is 41.3 Å². The fraction of sp³-hybridized carbons (Fsp3) is 0.167. The molecule has 15 heavy (non-hydrogen) atoms. The number of carbonyl (C=O) groups excluding carboxylic acids is 1. The lowest BCUT2D eigenvalue weighted by molar-refractivity contribution is 0.0991. The summed E-state index contributed by atoms with van der Waals surface area (Å²) < 4.78 is 5.09. The fourth-order valence-corrected chi connectivity index (χ4v) is 1.46. The largest absolute Gasteiger partial charge is 0.469 e. The molecule has 3 heteroatoms. The predicted octanol–water partition coefficient (Wildman–Crippen LogP) is 2.41. The number of Topliss-reactive ketones (excluding diaryl/α,β-unsaturated/α-hetero) is 1. The normalized spacial score (nSPS) is 10.2. The number of hydrogen-bond donors (Lipinski definition) is 0. The molecule has 76 valence electrons. The van der Waals surface area contributed by atoms with Crippen LogP contribution in [0.4, 0.5) is 0 Å². The highest BCUT2D eigenvalue weighted by molar-refractivity contribution is 5.98. The van der Waals surface area contributed by atoms with Gasteiger partial charge in [0.15, 0.2) is 5.78 Å². The second kappa shape index (κ2) is 4.09. The highest BCUT2D eigenvalue weighted by Gasteiger charge is 2.11. The van der Waals surface area contributed by atoms with Crippen LogP contribution in [0.25, 0.3) is 0 Å². The molecule has 0 amide bonds. The average Bonchev–Trinajstić information content (AvgIpc) is 2.66. The minimum absolute atomic E-state index is 0.0641. The maximum absolute atomic E-state index is 11.8. The third-order valence-electron chi connectivity index (χ3n) is 2.25. The van der Waals surface area contributed by atoms with E-state index in [1.165, 1.54) is 6.26 Å². The Hall–Kier alpha value is -1.90. The van der Waals surface area contributed by atoms with Gasteiger partial charge in [0.25, 0.3) is 0 Å². The van der Waals surface area contributed by atoms with E-state index in [0.717, 1.165) is 5.56 Å². The molecular weight excluding hydrogens is 190 g/mol. The Balaban J connectivity index is 2.15. The predicted molar refractivity (Wildman–Crippen MR) is 55.7 cm³/mol. The van der Waals surface area contributed by atoms with Gasteiger partial charge in [-0.15, -0.1) is 0 Å². The molecule has 2 aromatic rings. The Morgan fingerprint density at radius 3 is 2.93 bits per heavy atom. The maximum Gasteiger partial charge on any atom is 0.170 e. The number of aryl methyl sites for hydroxylation is 1. The zero-order valence-corrected chi connectivity index (χ0v) is 8.43. The van der Waals surface area contributed by atoms with Crippen LogP contribution in [0.3, 0.4) is 0 Å². The average molecular weight is 201 g/mol. The molecule has 0 aliphatic rings. The molecule has 0 unspecified atom stereocenters. The van der Waals surface area contributed by atoms with E-state index in [9.17, 15) is 4.79 Å². The molecule has 0 saturated heterocycles. The van der Waals surface area contributed by atoms with Gasteiger partial charge in [-0.1, -0.05) is 6.07 Å². The summed E-state index contributed by atoms with van der Waals surface area (Å²) in [6.45, 7) is 1.79. The summed E-state index contributed by atoms with van der Waals surface area (Å²) in [5.74, 6) is 0.734. The first-order chi connectivity index (χ1) is 7.27. The molecule has 0 saturated carbocycles. The van der Waals surface area contributed by atoms with Gasteiger partial charge in [-0.05, 0) is 24.6 Å². The van der Waals surface area contributed by atoms with E-state index in [4.69, 9.17) is 4.42 Å². The number of hydrogen-bond acceptors (Lipinski definition) is 3. The Labute approximate surface area is 87.8 Å². The molecule has 0 N–H and O–H groups in total. The Morgan fingerprint density at radius 1 is 1.47 bits per heavy atom. The molecule has 0 bridgehead atoms. The molecule has 0 aliphatic carbocycles. The van der Waals surface area contributed by atoms with Crippen molar-refractivity contribution in [3.63, 3.8) is 0 Å². The highest BCUT2D eigenvalue weighted by atomic mass is 16.3. The van der Waals surface area contributed by atoms with Crippen LogP contribution in [-0.2, 0) is 6.42 Å². The van der Waals surface area contributed by atoms with E-state index >= 15 is 0 Å². The standard InChI is InChI=1S/C12H11NO2/c1-9-11(4-6-15-9)12(14)7-10-3-2-5-13-8-10/h2-6,8H,7H2,1H3. The summed E-state index contributed by atoms with van der Waals surface area (Å²) in [7, 11) is 0. The second-order valence-electron chi connectivity index (χ2n) is 3.35. The van der Waals surface area contributed by atoms with E-state index < -0.39 is 0 Å². The zero-order chi connectivity index (χ0) is 10.7. The lowest BCUT2D eigenvalue weighted by Crippen LogP contribution is -2.03. The quantitative estimate of drug-likeness (QED) is 0.716. The lowest BCUT2D eigenvalue weighted by atomic mass is 10.1. The fourth-order valence-electron chi connectivity index (χ4n) is 1.46. The van der Waals surface area contributed by atoms with Crippen molar-refractivity contribution in [3.8, 4) is 0 Å². The van der Waals surface area contributed by atoms with Gasteiger partial charge in [0.05, 0.1) is 11.8 Å². The zero-order valence-electron chi connectivity index (χ0n) is 8.43. The van der Waals surface area contributed by atoms with Gasteiger partial charge in [0, 0.05) is 18.8 Å². The number of pyridine rings is 1. The molecule has 2 aromatic heterocycles. The minimum atomic E-state index is 0.0641. The molecule has 2 rings (SSSR count). The minimum Gasteiger partial charge on any atom is -0.469 e. The molecule has 0 fully saturated rings. The Bertz CT molecular complexity index is 459. The van der Waals surface area contributed by atoms with Gasteiger partial charge in [0.2, 0.25) is 0 Å². The summed E-state index contributed by atoms with van der Waals surface area (Å²) in [6.07, 6.45) is 5.30. The summed E-state index contributed by atoms with van der Waals surface area (Å²) in [5.41, 5.74) is 1.57. The molecule has 3 nitrogen and oxygen atoms in total. The van der Waals surface area contributed by atoms with E-state index in [2.05, 4.69) is 4.98 Å². The van der Waals surface area contributed by atoms with E-state index in [0.29, 0.717) is 17.7 Å². The van der Waals surface area contributed by atoms with Gasteiger partial charge in [-0.25, -0.2) is 0 Å². The van der Waals surface area contributed by atoms with Gasteiger partial charge < -0.3 is 4.42 Å². The Morgan fingerprint density at radius 2 is 2.33 bits per heavy atom. The third kappa shape index (κ3) is 2.13. The molecule has 0 aliphatic heterocycles. The summed E-state index contributed by atoms with van der Waals surface area (Å²) >= 11 is 0. The van der Waals surface area contributed by atoms with Crippen LogP contribution in [0, 0.1) is 6.92 Å². The van der Waals surface area contributed by atoms with Crippen molar-refractivity contribution in [1.82, 2.24) is 4.98 Å². The number of aromatic nitrogens is 1. The topological polar surface area (TPSA) is 43.1 Å². The SMILES string of the molecule is Cc1occc1C(=O)Cc1cccnc1. The van der Waals surface area contributed by atoms with Crippen LogP contribution in [0.2, 0.25) is 0 Å². The summed E-state index contributed by atoms with van der Waals surface area (Å²) in [4.78, 5) is 15.8. The van der Waals surface area contributed by atoms with E-state index in [-0.39, 0.29) is 5.78 Å². The van der Waals surface area contributed by atoms with Crippen LogP contribution >= 0.6 is 0 Å². The molecular formula is C12H11NO2. The first-order valence-electron chi connectivity index (χ1n) is 4.73. The molecule has 0 atom stereocenters. The smallest absolute Gasteiger partial charge is 0.170 e. The van der Waals surface area contributed by atoms with Gasteiger partial charge in [-0.3, -0.25) is 9.78 Å². The van der Waals surface area contributed by atoms with Crippen molar-refractivity contribution < 1.29 is 9.21 Å². The Kier molecular flexibility index (Phi) is 2.63. The number of furan rings is 1. The highest BCUT2D eigenvalue weighted by Crippen LogP contribution is 2.12. The first-order valence-corrected chi connectivity index (χ1v) is 4.73. The molecule has 0 radical (unpaired) electrons. The maximum atomic E-state index is 11.8. The van der Waals surface area contributed by atoms with Crippen molar-refractivity contribution in [2.75, 3.05) is 0 Å². The van der Waals surface area contributed by atoms with Gasteiger partial charge in [0.1, 0.15) is 5.76 Å². The molecule has 0 aromatic carbocycles. The van der Waals surface area contributed by atoms with Gasteiger partial charge in [-0.2, -0.15) is 0 Å². The van der Waals surface area contributed by atoms with Crippen molar-refractivity contribution in [1.29, 1.82) is 0 Å². The number of nitrogens with zero attached hydrogens (tertiary/aromatic N) is 1. The second-order valence-corrected chi connectivity index (χ2v) is 3.35. The number of carbonyl (C=O) groups is 1. The molecule has 0 spiro atoms. The third-order valence-corrected chi connectivity index (χ3v) is 2.25. The van der Waals surface area contributed by atoms with E-state index in [1.807, 2.05) is 12.1 Å². The van der Waals surface area contributed by atoms with Crippen LogP contribution in [0.5, 0.6) is 0 Å². The first kappa shape index (κ1) is 9.65. The van der Waals surface area contributed by atoms with Crippen LogP contribution in [0.1, 0.15) is 21.7 Å². The summed E-state index contributed by atoms with van der Waals surface area (Å²) in [6, 6.07) is 5.42.